The highest BCUT2D eigenvalue weighted by molar-refractivity contribution is 5.23. The number of ether oxygens (including phenoxy) is 1. The number of aliphatic hydroxyl groups is 2. The molecule has 18 heavy (non-hydrogen) atoms. The monoisotopic (exact) mass is 259 g/mol. The molecule has 0 amide bonds. The Bertz CT molecular complexity index is 504. The van der Waals surface area contributed by atoms with Crippen LogP contribution in [0, 0.1) is 0 Å². The van der Waals surface area contributed by atoms with E-state index in [4.69, 9.17) is 15.6 Å². The van der Waals surface area contributed by atoms with E-state index in [1.807, 2.05) is 0 Å². The van der Waals surface area contributed by atoms with Crippen LogP contribution in [0.2, 0.25) is 0 Å². The summed E-state index contributed by atoms with van der Waals surface area (Å²) in [5.74, 6) is 0.00839. The minimum atomic E-state index is -2.21. The summed E-state index contributed by atoms with van der Waals surface area (Å²) >= 11 is 0. The van der Waals surface area contributed by atoms with Gasteiger partial charge in [-0.3, -0.25) is 4.57 Å². The third kappa shape index (κ3) is 1.88. The molecular formula is C10H14FN3O4. The lowest BCUT2D eigenvalue weighted by Crippen LogP contribution is -2.42. The largest absolute Gasteiger partial charge is 0.394 e. The van der Waals surface area contributed by atoms with Crippen LogP contribution in [0.5, 0.6) is 0 Å². The van der Waals surface area contributed by atoms with E-state index in [0.29, 0.717) is 0 Å². The summed E-state index contributed by atoms with van der Waals surface area (Å²) in [7, 11) is 0. The first-order valence-electron chi connectivity index (χ1n) is 5.36. The third-order valence-electron chi connectivity index (χ3n) is 3.00. The molecule has 7 nitrogen and oxygen atoms in total. The van der Waals surface area contributed by atoms with Crippen LogP contribution in [0.1, 0.15) is 13.2 Å². The molecule has 1 aromatic rings. The molecule has 100 valence electrons. The molecule has 1 saturated heterocycles. The zero-order valence-electron chi connectivity index (χ0n) is 9.65. The second kappa shape index (κ2) is 4.30. The predicted octanol–water partition coefficient (Wildman–Crippen LogP) is -1.20. The maximum absolute atomic E-state index is 14.4. The van der Waals surface area contributed by atoms with E-state index in [2.05, 4.69) is 4.98 Å². The van der Waals surface area contributed by atoms with Crippen LogP contribution in [0.15, 0.2) is 17.1 Å². The van der Waals surface area contributed by atoms with E-state index >= 15 is 0 Å². The molecule has 0 saturated carbocycles. The number of rotatable bonds is 2. The van der Waals surface area contributed by atoms with Crippen LogP contribution in [0.3, 0.4) is 0 Å². The number of aliphatic hydroxyl groups excluding tert-OH is 2. The summed E-state index contributed by atoms with van der Waals surface area (Å²) in [5.41, 5.74) is 2.33. The Labute approximate surface area is 102 Å². The molecule has 4 atom stereocenters. The molecule has 0 aliphatic carbocycles. The summed E-state index contributed by atoms with van der Waals surface area (Å²) in [4.78, 5) is 15.1. The number of halogens is 1. The number of anilines is 1. The molecule has 1 aliphatic rings. The number of alkyl halides is 1. The van der Waals surface area contributed by atoms with Crippen molar-refractivity contribution in [2.45, 2.75) is 31.0 Å². The van der Waals surface area contributed by atoms with Gasteiger partial charge in [-0.05, 0) is 13.0 Å². The predicted molar refractivity (Wildman–Crippen MR) is 59.4 cm³/mol. The fourth-order valence-corrected chi connectivity index (χ4v) is 1.97. The lowest BCUT2D eigenvalue weighted by atomic mass is 9.98. The molecule has 0 aromatic carbocycles. The highest BCUT2D eigenvalue weighted by atomic mass is 19.1. The Morgan fingerprint density at radius 3 is 2.89 bits per heavy atom. The van der Waals surface area contributed by atoms with Gasteiger partial charge >= 0.3 is 5.69 Å². The van der Waals surface area contributed by atoms with Gasteiger partial charge < -0.3 is 20.7 Å². The Morgan fingerprint density at radius 2 is 2.39 bits per heavy atom. The molecule has 2 heterocycles. The molecule has 0 spiro atoms. The maximum atomic E-state index is 14.4. The SMILES string of the molecule is CC1(F)C(n2ccc(N)nc2=O)O[C@H](CO)[C@H]1O. The highest BCUT2D eigenvalue weighted by Gasteiger charge is 2.55. The van der Waals surface area contributed by atoms with Gasteiger partial charge in [0, 0.05) is 6.20 Å². The Hall–Kier alpha value is -1.51. The van der Waals surface area contributed by atoms with Gasteiger partial charge in [0.1, 0.15) is 18.0 Å². The molecule has 2 unspecified atom stereocenters. The van der Waals surface area contributed by atoms with E-state index in [1.165, 1.54) is 12.3 Å². The first-order valence-corrected chi connectivity index (χ1v) is 5.36. The summed E-state index contributed by atoms with van der Waals surface area (Å²) in [5, 5.41) is 18.6. The van der Waals surface area contributed by atoms with Gasteiger partial charge in [0.15, 0.2) is 11.9 Å². The molecule has 0 radical (unpaired) electrons. The van der Waals surface area contributed by atoms with Gasteiger partial charge in [-0.15, -0.1) is 0 Å². The average molecular weight is 259 g/mol. The van der Waals surface area contributed by atoms with Crippen molar-refractivity contribution >= 4 is 5.82 Å². The van der Waals surface area contributed by atoms with Crippen molar-refractivity contribution in [2.75, 3.05) is 12.3 Å². The first-order chi connectivity index (χ1) is 8.37. The lowest BCUT2D eigenvalue weighted by Gasteiger charge is -2.24. The van der Waals surface area contributed by atoms with Crippen LogP contribution in [-0.2, 0) is 4.74 Å². The average Bonchev–Trinajstić information content (AvgIpc) is 2.52. The smallest absolute Gasteiger partial charge is 0.351 e. The van der Waals surface area contributed by atoms with E-state index in [1.54, 1.807) is 0 Å². The maximum Gasteiger partial charge on any atom is 0.351 e. The molecule has 4 N–H and O–H groups in total. The van der Waals surface area contributed by atoms with Gasteiger partial charge in [0.05, 0.1) is 6.61 Å². The molecule has 1 aliphatic heterocycles. The van der Waals surface area contributed by atoms with Gasteiger partial charge in [0.2, 0.25) is 0 Å². The minimum Gasteiger partial charge on any atom is -0.394 e. The van der Waals surface area contributed by atoms with E-state index < -0.39 is 36.4 Å². The Morgan fingerprint density at radius 1 is 1.72 bits per heavy atom. The standard InChI is InChI=1S/C10H14FN3O4/c1-10(11)7(16)5(4-15)18-8(10)14-3-2-6(12)13-9(14)17/h2-3,5,7-8,15-16H,4H2,1H3,(H2,12,13,17)/t5-,7-,8?,10?/m1/s1. The molecule has 8 heteroatoms. The zero-order valence-corrected chi connectivity index (χ0v) is 9.65. The number of hydrogen-bond donors (Lipinski definition) is 3. The van der Waals surface area contributed by atoms with Crippen molar-refractivity contribution in [3.63, 3.8) is 0 Å². The molecule has 1 aromatic heterocycles. The normalized spacial score (nSPS) is 35.9. The van der Waals surface area contributed by atoms with Gasteiger partial charge in [-0.25, -0.2) is 9.18 Å². The summed E-state index contributed by atoms with van der Waals surface area (Å²) in [6.07, 6.45) is -2.74. The van der Waals surface area contributed by atoms with Crippen LogP contribution in [0.4, 0.5) is 10.2 Å². The minimum absolute atomic E-state index is 0.00839. The van der Waals surface area contributed by atoms with Crippen molar-refractivity contribution in [1.29, 1.82) is 0 Å². The summed E-state index contributed by atoms with van der Waals surface area (Å²) in [6, 6.07) is 1.32. The quantitative estimate of drug-likeness (QED) is 0.615. The number of nitrogens with two attached hydrogens (primary N) is 1. The number of aromatic nitrogens is 2. The second-order valence-corrected chi connectivity index (χ2v) is 4.35. The van der Waals surface area contributed by atoms with Gasteiger partial charge in [-0.1, -0.05) is 0 Å². The van der Waals surface area contributed by atoms with Crippen LogP contribution in [0.25, 0.3) is 0 Å². The fraction of sp³-hybridized carbons (Fsp3) is 0.600. The van der Waals surface area contributed by atoms with E-state index in [0.717, 1.165) is 11.5 Å². The number of nitrogens with zero attached hydrogens (tertiary/aromatic N) is 2. The molecule has 2 rings (SSSR count). The van der Waals surface area contributed by atoms with Crippen molar-refractivity contribution in [3.05, 3.63) is 22.7 Å². The zero-order chi connectivity index (χ0) is 13.5. The Kier molecular flexibility index (Phi) is 3.09. The van der Waals surface area contributed by atoms with Crippen LogP contribution in [-0.4, -0.2) is 44.2 Å². The van der Waals surface area contributed by atoms with E-state index in [-0.39, 0.29) is 5.82 Å². The summed E-state index contributed by atoms with van der Waals surface area (Å²) < 4.78 is 20.4. The van der Waals surface area contributed by atoms with Gasteiger partial charge in [0.25, 0.3) is 0 Å². The second-order valence-electron chi connectivity index (χ2n) is 4.35. The van der Waals surface area contributed by atoms with E-state index in [9.17, 15) is 14.3 Å². The summed E-state index contributed by atoms with van der Waals surface area (Å²) in [6.45, 7) is 0.551. The van der Waals surface area contributed by atoms with Crippen molar-refractivity contribution < 1.29 is 19.3 Å². The van der Waals surface area contributed by atoms with Crippen molar-refractivity contribution in [2.24, 2.45) is 0 Å². The molecular weight excluding hydrogens is 245 g/mol. The first kappa shape index (κ1) is 12.9. The van der Waals surface area contributed by atoms with Crippen LogP contribution >= 0.6 is 0 Å². The number of nitrogen functional groups attached to an aromatic ring is 1. The molecule has 0 bridgehead atoms. The lowest BCUT2D eigenvalue weighted by molar-refractivity contribution is -0.0610. The van der Waals surface area contributed by atoms with Gasteiger partial charge in [-0.2, -0.15) is 4.98 Å². The third-order valence-corrected chi connectivity index (χ3v) is 3.00. The van der Waals surface area contributed by atoms with Crippen molar-refractivity contribution in [1.82, 2.24) is 9.55 Å². The highest BCUT2D eigenvalue weighted by Crippen LogP contribution is 2.40. The van der Waals surface area contributed by atoms with Crippen LogP contribution < -0.4 is 11.4 Å². The number of hydrogen-bond acceptors (Lipinski definition) is 6. The van der Waals surface area contributed by atoms with Crippen molar-refractivity contribution in [3.8, 4) is 0 Å². The molecule has 1 fully saturated rings. The Balaban J connectivity index is 2.42. The fourth-order valence-electron chi connectivity index (χ4n) is 1.97. The topological polar surface area (TPSA) is 111 Å².